The molecule has 1 rings (SSSR count). The first kappa shape index (κ1) is 11.8. The maximum absolute atomic E-state index is 3.88. The van der Waals surface area contributed by atoms with Crippen LogP contribution in [0.1, 0.15) is 19.3 Å². The van der Waals surface area contributed by atoms with Gasteiger partial charge in [-0.1, -0.05) is 37.9 Å². The third-order valence-electron chi connectivity index (χ3n) is 2.99. The fraction of sp³-hybridized carbons (Fsp3) is 0.692. The lowest BCUT2D eigenvalue weighted by Gasteiger charge is -2.12. The molecule has 0 aromatic heterocycles. The molecule has 0 bridgehead atoms. The van der Waals surface area contributed by atoms with Gasteiger partial charge in [-0.15, -0.1) is 6.58 Å². The van der Waals surface area contributed by atoms with Crippen molar-refractivity contribution in [3.8, 4) is 0 Å². The molecule has 0 aromatic carbocycles. The van der Waals surface area contributed by atoms with Crippen molar-refractivity contribution in [2.24, 2.45) is 11.8 Å². The van der Waals surface area contributed by atoms with Crippen LogP contribution in [0.5, 0.6) is 0 Å². The molecule has 14 heavy (non-hydrogen) atoms. The molecule has 1 aliphatic rings. The Bertz CT molecular complexity index is 210. The minimum atomic E-state index is -0.861. The van der Waals surface area contributed by atoms with Crippen molar-refractivity contribution in [2.75, 3.05) is 0 Å². The van der Waals surface area contributed by atoms with Gasteiger partial charge in [0.1, 0.15) is 0 Å². The average molecular weight is 208 g/mol. The molecule has 0 aromatic rings. The fourth-order valence-corrected chi connectivity index (χ4v) is 2.90. The van der Waals surface area contributed by atoms with Crippen LogP contribution in [0.25, 0.3) is 0 Å². The summed E-state index contributed by atoms with van der Waals surface area (Å²) < 4.78 is 0. The van der Waals surface area contributed by atoms with E-state index in [2.05, 4.69) is 44.4 Å². The molecule has 1 saturated carbocycles. The molecular weight excluding hydrogens is 184 g/mol. The first-order valence-corrected chi connectivity index (χ1v) is 9.51. The Morgan fingerprint density at radius 2 is 1.86 bits per heavy atom. The SMILES string of the molecule is C=CC1CCC(/C=C\C[Si](C)(C)C)C1. The van der Waals surface area contributed by atoms with Gasteiger partial charge in [0.25, 0.3) is 0 Å². The summed E-state index contributed by atoms with van der Waals surface area (Å²) in [6.07, 6.45) is 11.1. The Kier molecular flexibility index (Phi) is 4.18. The van der Waals surface area contributed by atoms with Gasteiger partial charge in [0.05, 0.1) is 0 Å². The van der Waals surface area contributed by atoms with E-state index in [1.165, 1.54) is 25.3 Å². The molecule has 1 fully saturated rings. The van der Waals surface area contributed by atoms with E-state index in [4.69, 9.17) is 0 Å². The summed E-state index contributed by atoms with van der Waals surface area (Å²) in [4.78, 5) is 0. The third kappa shape index (κ3) is 4.27. The van der Waals surface area contributed by atoms with Crippen LogP contribution < -0.4 is 0 Å². The van der Waals surface area contributed by atoms with Gasteiger partial charge >= 0.3 is 0 Å². The summed E-state index contributed by atoms with van der Waals surface area (Å²) in [6.45, 7) is 11.2. The van der Waals surface area contributed by atoms with Gasteiger partial charge in [-0.2, -0.15) is 0 Å². The molecule has 2 atom stereocenters. The van der Waals surface area contributed by atoms with E-state index < -0.39 is 8.07 Å². The molecule has 0 aliphatic heterocycles. The maximum Gasteiger partial charge on any atom is 0.0480 e. The predicted octanol–water partition coefficient (Wildman–Crippen LogP) is 4.48. The van der Waals surface area contributed by atoms with Crippen molar-refractivity contribution in [1.82, 2.24) is 0 Å². The van der Waals surface area contributed by atoms with Gasteiger partial charge < -0.3 is 0 Å². The fourth-order valence-electron chi connectivity index (χ4n) is 2.06. The van der Waals surface area contributed by atoms with Crippen molar-refractivity contribution in [1.29, 1.82) is 0 Å². The van der Waals surface area contributed by atoms with Gasteiger partial charge in [0, 0.05) is 8.07 Å². The lowest BCUT2D eigenvalue weighted by atomic mass is 10.1. The molecule has 0 radical (unpaired) electrons. The van der Waals surface area contributed by atoms with E-state index in [0.717, 1.165) is 11.8 Å². The molecule has 80 valence electrons. The highest BCUT2D eigenvalue weighted by atomic mass is 28.3. The van der Waals surface area contributed by atoms with Crippen LogP contribution in [0.15, 0.2) is 24.8 Å². The largest absolute Gasteiger partial charge is 0.103 e. The lowest BCUT2D eigenvalue weighted by molar-refractivity contribution is 0.639. The van der Waals surface area contributed by atoms with Gasteiger partial charge in [-0.25, -0.2) is 0 Å². The summed E-state index contributed by atoms with van der Waals surface area (Å²) in [5.41, 5.74) is 0. The third-order valence-corrected chi connectivity index (χ3v) is 4.45. The summed E-state index contributed by atoms with van der Waals surface area (Å²) in [5.74, 6) is 1.63. The average Bonchev–Trinajstić information content (AvgIpc) is 2.50. The monoisotopic (exact) mass is 208 g/mol. The van der Waals surface area contributed by atoms with Crippen LogP contribution in [-0.2, 0) is 0 Å². The van der Waals surface area contributed by atoms with E-state index in [1.54, 1.807) is 0 Å². The first-order valence-electron chi connectivity index (χ1n) is 5.80. The zero-order valence-electron chi connectivity index (χ0n) is 9.92. The highest BCUT2D eigenvalue weighted by Gasteiger charge is 2.20. The maximum atomic E-state index is 3.88. The molecular formula is C13H24Si. The Balaban J connectivity index is 2.28. The van der Waals surface area contributed by atoms with Gasteiger partial charge in [-0.3, -0.25) is 0 Å². The number of allylic oxidation sites excluding steroid dienone is 3. The van der Waals surface area contributed by atoms with E-state index in [1.807, 2.05) is 0 Å². The second-order valence-electron chi connectivity index (χ2n) is 5.76. The van der Waals surface area contributed by atoms with Crippen molar-refractivity contribution in [3.63, 3.8) is 0 Å². The summed E-state index contributed by atoms with van der Waals surface area (Å²) in [7, 11) is -0.861. The predicted molar refractivity (Wildman–Crippen MR) is 68.3 cm³/mol. The molecule has 0 spiro atoms. The second kappa shape index (κ2) is 4.97. The van der Waals surface area contributed by atoms with Crippen molar-refractivity contribution < 1.29 is 0 Å². The molecule has 1 heteroatoms. The smallest absolute Gasteiger partial charge is 0.0480 e. The Morgan fingerprint density at radius 1 is 1.21 bits per heavy atom. The highest BCUT2D eigenvalue weighted by Crippen LogP contribution is 2.32. The molecule has 1 aliphatic carbocycles. The quantitative estimate of drug-likeness (QED) is 0.472. The minimum Gasteiger partial charge on any atom is -0.103 e. The Morgan fingerprint density at radius 3 is 2.36 bits per heavy atom. The molecule has 0 nitrogen and oxygen atoms in total. The van der Waals surface area contributed by atoms with Crippen LogP contribution in [0.3, 0.4) is 0 Å². The van der Waals surface area contributed by atoms with E-state index >= 15 is 0 Å². The molecule has 2 unspecified atom stereocenters. The van der Waals surface area contributed by atoms with Gasteiger partial charge in [-0.05, 0) is 37.1 Å². The van der Waals surface area contributed by atoms with Crippen LogP contribution >= 0.6 is 0 Å². The van der Waals surface area contributed by atoms with E-state index in [-0.39, 0.29) is 0 Å². The molecule has 0 heterocycles. The molecule has 0 N–H and O–H groups in total. The van der Waals surface area contributed by atoms with Crippen LogP contribution in [0.2, 0.25) is 25.7 Å². The zero-order chi connectivity index (χ0) is 10.6. The summed E-state index contributed by atoms with van der Waals surface area (Å²) in [5, 5.41) is 0. The summed E-state index contributed by atoms with van der Waals surface area (Å²) >= 11 is 0. The number of hydrogen-bond acceptors (Lipinski definition) is 0. The second-order valence-corrected chi connectivity index (χ2v) is 11.3. The van der Waals surface area contributed by atoms with Gasteiger partial charge in [0.15, 0.2) is 0 Å². The van der Waals surface area contributed by atoms with Crippen molar-refractivity contribution >= 4 is 8.07 Å². The zero-order valence-corrected chi connectivity index (χ0v) is 10.9. The Hall–Kier alpha value is -0.303. The normalized spacial score (nSPS) is 28.5. The van der Waals surface area contributed by atoms with Crippen LogP contribution in [0.4, 0.5) is 0 Å². The van der Waals surface area contributed by atoms with E-state index in [9.17, 15) is 0 Å². The van der Waals surface area contributed by atoms with E-state index in [0.29, 0.717) is 0 Å². The topological polar surface area (TPSA) is 0 Å². The van der Waals surface area contributed by atoms with Gasteiger partial charge in [0.2, 0.25) is 0 Å². The number of rotatable bonds is 4. The standard InChI is InChI=1S/C13H24Si/c1-5-12-8-9-13(11-12)7-6-10-14(2,3)4/h5-7,12-13H,1,8-11H2,2-4H3/b7-6-. The van der Waals surface area contributed by atoms with Crippen molar-refractivity contribution in [3.05, 3.63) is 24.8 Å². The van der Waals surface area contributed by atoms with Crippen LogP contribution in [0, 0.1) is 11.8 Å². The summed E-state index contributed by atoms with van der Waals surface area (Å²) in [6, 6.07) is 1.34. The highest BCUT2D eigenvalue weighted by molar-refractivity contribution is 6.76. The first-order chi connectivity index (χ1) is 6.51. The number of hydrogen-bond donors (Lipinski definition) is 0. The lowest BCUT2D eigenvalue weighted by Crippen LogP contribution is -2.17. The molecule has 0 amide bonds. The minimum absolute atomic E-state index is 0.788. The van der Waals surface area contributed by atoms with Crippen molar-refractivity contribution in [2.45, 2.75) is 44.9 Å². The molecule has 0 saturated heterocycles. The Labute approximate surface area is 90.1 Å². The van der Waals surface area contributed by atoms with Crippen LogP contribution in [-0.4, -0.2) is 8.07 Å².